The molecule has 0 radical (unpaired) electrons. The summed E-state index contributed by atoms with van der Waals surface area (Å²) in [5.74, 6) is -2.09. The van der Waals surface area contributed by atoms with E-state index in [4.69, 9.17) is 23.7 Å². The Bertz CT molecular complexity index is 602. The molecule has 2 fully saturated rings. The minimum atomic E-state index is -1.82. The number of hydrogen-bond donors (Lipinski definition) is 5. The fourth-order valence-corrected chi connectivity index (χ4v) is 3.32. The molecule has 10 atom stereocenters. The molecule has 1 amide bonds. The maximum absolute atomic E-state index is 11.6. The Hall–Kier alpha value is -1.71. The molecule has 2 saturated heterocycles. The molecule has 0 aromatic heterocycles. The van der Waals surface area contributed by atoms with E-state index in [0.717, 1.165) is 0 Å². The number of aliphatic hydroxyl groups is 3. The van der Waals surface area contributed by atoms with Gasteiger partial charge in [0.05, 0.1) is 0 Å². The summed E-state index contributed by atoms with van der Waals surface area (Å²) in [6.45, 7) is 1.17. The molecule has 0 aliphatic carbocycles. The van der Waals surface area contributed by atoms with Crippen LogP contribution in [0.3, 0.4) is 0 Å². The summed E-state index contributed by atoms with van der Waals surface area (Å²) in [5.41, 5.74) is 0. The minimum absolute atomic E-state index is 0.337. The molecule has 0 spiro atoms. The van der Waals surface area contributed by atoms with Crippen LogP contribution in [0.2, 0.25) is 0 Å². The van der Waals surface area contributed by atoms with Crippen molar-refractivity contribution in [3.8, 4) is 0 Å². The van der Waals surface area contributed by atoms with Crippen molar-refractivity contribution >= 4 is 18.2 Å². The van der Waals surface area contributed by atoms with E-state index in [1.54, 1.807) is 0 Å². The van der Waals surface area contributed by atoms with E-state index in [2.05, 4.69) is 5.32 Å². The van der Waals surface area contributed by atoms with E-state index >= 15 is 0 Å². The third-order valence-corrected chi connectivity index (χ3v) is 4.70. The second-order valence-corrected chi connectivity index (χ2v) is 6.60. The number of aliphatic carboxylic acids is 1. The highest BCUT2D eigenvalue weighted by Gasteiger charge is 2.53. The van der Waals surface area contributed by atoms with Gasteiger partial charge in [0.2, 0.25) is 5.91 Å². The van der Waals surface area contributed by atoms with Crippen molar-refractivity contribution in [1.29, 1.82) is 0 Å². The molecule has 0 bridgehead atoms. The molecule has 0 saturated carbocycles. The number of methoxy groups -OCH3 is 2. The predicted molar refractivity (Wildman–Crippen MR) is 89.3 cm³/mol. The number of carboxylic acid groups (broad SMARTS) is 1. The molecule has 13 nitrogen and oxygen atoms in total. The van der Waals surface area contributed by atoms with Gasteiger partial charge in [0.25, 0.3) is 0 Å². The van der Waals surface area contributed by atoms with Gasteiger partial charge in [0.15, 0.2) is 25.0 Å². The number of hydrogen-bond acceptors (Lipinski definition) is 11. The summed E-state index contributed by atoms with van der Waals surface area (Å²) in [4.78, 5) is 34.2. The first-order valence-corrected chi connectivity index (χ1v) is 8.67. The Labute approximate surface area is 165 Å². The molecular formula is C16H25NO12. The van der Waals surface area contributed by atoms with Gasteiger partial charge in [-0.15, -0.1) is 0 Å². The molecule has 2 rings (SSSR count). The zero-order chi connectivity index (χ0) is 21.9. The Morgan fingerprint density at radius 3 is 2.10 bits per heavy atom. The SMILES string of the molecule is COC1OC(C(=O)O)[C@@H](O)C(OC2OC(C=O)[C@@H](OC)C(O)[C@@H]2O)[C@@H]1NC(C)=O. The van der Waals surface area contributed by atoms with Gasteiger partial charge in [-0.3, -0.25) is 4.79 Å². The van der Waals surface area contributed by atoms with Crippen molar-refractivity contribution in [3.63, 3.8) is 0 Å². The number of aliphatic hydroxyl groups excluding tert-OH is 3. The van der Waals surface area contributed by atoms with E-state index in [1.807, 2.05) is 0 Å². The van der Waals surface area contributed by atoms with Crippen molar-refractivity contribution in [3.05, 3.63) is 0 Å². The van der Waals surface area contributed by atoms with Crippen molar-refractivity contribution in [2.75, 3.05) is 14.2 Å². The standard InChI is InChI=1S/C16H25NO12/c1-5(19)17-7-12(10(22)13(14(23)24)29-15(7)26-3)28-16-9(21)8(20)11(25-2)6(4-18)27-16/h4,6-13,15-16,20-22H,1-3H3,(H,17,19)(H,23,24)/t6?,7-,8?,9-,10-,11+,12?,13?,15?,16?/m0/s1. The lowest BCUT2D eigenvalue weighted by molar-refractivity contribution is -0.334. The van der Waals surface area contributed by atoms with Crippen molar-refractivity contribution in [2.45, 2.75) is 68.3 Å². The van der Waals surface area contributed by atoms with Crippen LogP contribution in [0.15, 0.2) is 0 Å². The average Bonchev–Trinajstić information content (AvgIpc) is 2.67. The van der Waals surface area contributed by atoms with Crippen LogP contribution in [0.25, 0.3) is 0 Å². The monoisotopic (exact) mass is 423 g/mol. The van der Waals surface area contributed by atoms with Gasteiger partial charge in [-0.1, -0.05) is 0 Å². The number of carbonyl (C=O) groups is 3. The third kappa shape index (κ3) is 4.90. The molecule has 0 aromatic carbocycles. The van der Waals surface area contributed by atoms with Gasteiger partial charge in [-0.05, 0) is 0 Å². The van der Waals surface area contributed by atoms with Gasteiger partial charge in [0.1, 0.15) is 42.7 Å². The number of nitrogens with one attached hydrogen (secondary N) is 1. The van der Waals surface area contributed by atoms with Crippen molar-refractivity contribution < 1.29 is 58.5 Å². The lowest BCUT2D eigenvalue weighted by Gasteiger charge is -2.46. The number of aldehydes is 1. The average molecular weight is 423 g/mol. The lowest BCUT2D eigenvalue weighted by atomic mass is 9.95. The summed E-state index contributed by atoms with van der Waals surface area (Å²) < 4.78 is 26.0. The molecule has 2 aliphatic heterocycles. The topological polar surface area (TPSA) is 190 Å². The first kappa shape index (κ1) is 23.6. The molecule has 166 valence electrons. The summed E-state index contributed by atoms with van der Waals surface area (Å²) in [6.07, 6.45) is -13.5. The van der Waals surface area contributed by atoms with E-state index in [-0.39, 0.29) is 0 Å². The second-order valence-electron chi connectivity index (χ2n) is 6.60. The van der Waals surface area contributed by atoms with Crippen LogP contribution in [0.1, 0.15) is 6.92 Å². The number of carbonyl (C=O) groups excluding carboxylic acids is 2. The van der Waals surface area contributed by atoms with E-state index < -0.39 is 73.2 Å². The molecule has 2 aliphatic rings. The molecule has 5 N–H and O–H groups in total. The quantitative estimate of drug-likeness (QED) is 0.253. The van der Waals surface area contributed by atoms with Crippen LogP contribution in [-0.4, -0.2) is 114 Å². The summed E-state index contributed by atoms with van der Waals surface area (Å²) in [6, 6.07) is -1.20. The lowest BCUT2D eigenvalue weighted by Crippen LogP contribution is -2.68. The van der Waals surface area contributed by atoms with Crippen LogP contribution in [0.5, 0.6) is 0 Å². The first-order chi connectivity index (χ1) is 13.7. The Morgan fingerprint density at radius 1 is 0.966 bits per heavy atom. The van der Waals surface area contributed by atoms with Gasteiger partial charge < -0.3 is 54.2 Å². The minimum Gasteiger partial charge on any atom is -0.479 e. The number of rotatable bonds is 7. The Balaban J connectivity index is 2.31. The van der Waals surface area contributed by atoms with Crippen molar-refractivity contribution in [1.82, 2.24) is 5.32 Å². The normalized spacial score (nSPS) is 42.8. The Kier molecular flexibility index (Phi) is 8.02. The second kappa shape index (κ2) is 9.86. The van der Waals surface area contributed by atoms with Crippen LogP contribution in [0, 0.1) is 0 Å². The Morgan fingerprint density at radius 2 is 1.62 bits per heavy atom. The van der Waals surface area contributed by atoms with E-state index in [0.29, 0.717) is 6.29 Å². The van der Waals surface area contributed by atoms with Gasteiger partial charge in [-0.2, -0.15) is 0 Å². The molecular weight excluding hydrogens is 398 g/mol. The van der Waals surface area contributed by atoms with Crippen LogP contribution in [0.4, 0.5) is 0 Å². The smallest absolute Gasteiger partial charge is 0.335 e. The van der Waals surface area contributed by atoms with E-state index in [1.165, 1.54) is 21.1 Å². The number of carboxylic acids is 1. The van der Waals surface area contributed by atoms with Crippen LogP contribution >= 0.6 is 0 Å². The van der Waals surface area contributed by atoms with Crippen LogP contribution < -0.4 is 5.32 Å². The fraction of sp³-hybridized carbons (Fsp3) is 0.812. The highest BCUT2D eigenvalue weighted by molar-refractivity contribution is 5.74. The molecule has 13 heteroatoms. The fourth-order valence-electron chi connectivity index (χ4n) is 3.32. The van der Waals surface area contributed by atoms with Gasteiger partial charge in [-0.25, -0.2) is 4.79 Å². The summed E-state index contributed by atoms with van der Waals surface area (Å²) in [7, 11) is 2.39. The van der Waals surface area contributed by atoms with Crippen molar-refractivity contribution in [2.24, 2.45) is 0 Å². The number of amides is 1. The number of ether oxygens (including phenoxy) is 5. The molecule has 29 heavy (non-hydrogen) atoms. The molecule has 0 aromatic rings. The zero-order valence-electron chi connectivity index (χ0n) is 15.9. The molecule has 6 unspecified atom stereocenters. The maximum Gasteiger partial charge on any atom is 0.335 e. The maximum atomic E-state index is 11.6. The largest absolute Gasteiger partial charge is 0.479 e. The molecule has 2 heterocycles. The summed E-state index contributed by atoms with van der Waals surface area (Å²) in [5, 5.41) is 42.7. The third-order valence-electron chi connectivity index (χ3n) is 4.70. The van der Waals surface area contributed by atoms with Gasteiger partial charge >= 0.3 is 5.97 Å². The zero-order valence-corrected chi connectivity index (χ0v) is 15.9. The highest BCUT2D eigenvalue weighted by atomic mass is 16.7. The summed E-state index contributed by atoms with van der Waals surface area (Å²) >= 11 is 0. The predicted octanol–water partition coefficient (Wildman–Crippen LogP) is -3.65. The van der Waals surface area contributed by atoms with Gasteiger partial charge in [0, 0.05) is 21.1 Å². The highest BCUT2D eigenvalue weighted by Crippen LogP contribution is 2.30. The first-order valence-electron chi connectivity index (χ1n) is 8.67. The van der Waals surface area contributed by atoms with Crippen LogP contribution in [-0.2, 0) is 38.1 Å². The van der Waals surface area contributed by atoms with E-state index in [9.17, 15) is 34.8 Å².